The number of carboxylic acids is 2. The molecule has 0 aliphatic heterocycles. The highest BCUT2D eigenvalue weighted by atomic mass is 19.1. The molecule has 0 radical (unpaired) electrons. The first-order valence-electron chi connectivity index (χ1n) is 17.8. The first-order valence-corrected chi connectivity index (χ1v) is 17.8. The Morgan fingerprint density at radius 3 is 1.95 bits per heavy atom. The highest BCUT2D eigenvalue weighted by Crippen LogP contribution is 2.32. The summed E-state index contributed by atoms with van der Waals surface area (Å²) >= 11 is 0. The summed E-state index contributed by atoms with van der Waals surface area (Å²) in [7, 11) is 0. The number of hydrogen-bond donors (Lipinski definition) is 4. The number of carbonyl (C=O) groups is 2. The lowest BCUT2D eigenvalue weighted by atomic mass is 9.95. The molecule has 0 aliphatic rings. The first kappa shape index (κ1) is 42.3. The van der Waals surface area contributed by atoms with E-state index in [9.17, 15) is 27.2 Å². The third kappa shape index (κ3) is 11.1. The van der Waals surface area contributed by atoms with Gasteiger partial charge in [-0.05, 0) is 114 Å². The molecule has 13 heteroatoms. The minimum absolute atomic E-state index is 0.146. The van der Waals surface area contributed by atoms with Crippen molar-refractivity contribution in [2.24, 2.45) is 0 Å². The maximum absolute atomic E-state index is 15.1. The normalized spacial score (nSPS) is 10.6. The molecule has 0 amide bonds. The fourth-order valence-corrected chi connectivity index (χ4v) is 5.93. The van der Waals surface area contributed by atoms with E-state index in [1.807, 2.05) is 19.1 Å². The maximum Gasteiger partial charge on any atom is 0.341 e. The van der Waals surface area contributed by atoms with Crippen molar-refractivity contribution < 1.29 is 51.2 Å². The largest absolute Gasteiger partial charge is 0.482 e. The van der Waals surface area contributed by atoms with Gasteiger partial charge in [0.25, 0.3) is 0 Å². The van der Waals surface area contributed by atoms with Crippen LogP contribution in [-0.4, -0.2) is 35.4 Å². The zero-order valence-electron chi connectivity index (χ0n) is 31.6. The first-order chi connectivity index (χ1) is 27.7. The van der Waals surface area contributed by atoms with E-state index in [1.165, 1.54) is 42.0 Å². The van der Waals surface area contributed by atoms with Crippen molar-refractivity contribution >= 4 is 23.3 Å². The average molecular weight is 799 g/mol. The second-order valence-corrected chi connectivity index (χ2v) is 13.2. The Balaban J connectivity index is 0.000000221. The van der Waals surface area contributed by atoms with Crippen molar-refractivity contribution in [3.8, 4) is 33.8 Å². The van der Waals surface area contributed by atoms with Crippen LogP contribution in [0.15, 0.2) is 109 Å². The van der Waals surface area contributed by atoms with Crippen molar-refractivity contribution in [1.29, 1.82) is 0 Å². The molecule has 4 N–H and O–H groups in total. The van der Waals surface area contributed by atoms with Crippen LogP contribution in [-0.2, 0) is 22.7 Å². The molecule has 6 rings (SSSR count). The number of benzene rings is 6. The van der Waals surface area contributed by atoms with E-state index in [1.54, 1.807) is 43.3 Å². The fourth-order valence-electron chi connectivity index (χ4n) is 5.93. The molecule has 58 heavy (non-hydrogen) atoms. The van der Waals surface area contributed by atoms with Crippen molar-refractivity contribution in [3.05, 3.63) is 166 Å². The summed E-state index contributed by atoms with van der Waals surface area (Å²) in [5, 5.41) is 23.2. The summed E-state index contributed by atoms with van der Waals surface area (Å²) < 4.78 is 80.8. The summed E-state index contributed by atoms with van der Waals surface area (Å²) in [5.41, 5.74) is 6.63. The van der Waals surface area contributed by atoms with Crippen LogP contribution in [0.2, 0.25) is 0 Å². The van der Waals surface area contributed by atoms with Gasteiger partial charge in [0, 0.05) is 36.0 Å². The molecular formula is C45H39F5N2O6. The molecular weight excluding hydrogens is 759 g/mol. The van der Waals surface area contributed by atoms with Crippen LogP contribution in [0.1, 0.15) is 27.8 Å². The second-order valence-electron chi connectivity index (χ2n) is 13.2. The minimum atomic E-state index is -1.32. The Morgan fingerprint density at radius 2 is 1.26 bits per heavy atom. The number of ether oxygens (including phenoxy) is 2. The standard InChI is InChI=1S/C23H22FNO3.C22H17F4NO3/c1-15-9-18(17-5-3-6-20(24)11-17)10-19(16(15)2)13-25-21-7-4-8-22(12-21)28-14-23(26)27;1-12-5-6-15(13-3-2-4-14(23)9-13)20(25)16(12)10-27-22-17(24)7-8-18(21(22)26)30-11-19(28)29/h3-12,25H,13-14H2,1-2H3,(H,26,27);2-9,27H,10-11H2,1H3,(H,28,29). The predicted octanol–water partition coefficient (Wildman–Crippen LogP) is 10.5. The SMILES string of the molecule is Cc1cc(-c2cccc(F)c2)cc(CNc2cccc(OCC(=O)O)c2)c1C.Cc1ccc(-c2cccc(F)c2)c(F)c1CNc1c(F)ccc(OCC(=O)O)c1F. The monoisotopic (exact) mass is 798 g/mol. The van der Waals surface area contributed by atoms with Crippen LogP contribution in [0, 0.1) is 49.9 Å². The van der Waals surface area contributed by atoms with Crippen molar-refractivity contribution in [2.75, 3.05) is 23.8 Å². The summed E-state index contributed by atoms with van der Waals surface area (Å²) in [4.78, 5) is 21.2. The molecule has 0 saturated carbocycles. The van der Waals surface area contributed by atoms with E-state index in [2.05, 4.69) is 29.7 Å². The van der Waals surface area contributed by atoms with E-state index in [-0.39, 0.29) is 30.1 Å². The summed E-state index contributed by atoms with van der Waals surface area (Å²) in [5.74, 6) is -5.79. The van der Waals surface area contributed by atoms with E-state index in [0.717, 1.165) is 40.1 Å². The van der Waals surface area contributed by atoms with Gasteiger partial charge in [0.2, 0.25) is 0 Å². The van der Waals surface area contributed by atoms with Crippen LogP contribution in [0.3, 0.4) is 0 Å². The van der Waals surface area contributed by atoms with Gasteiger partial charge in [0.1, 0.15) is 34.7 Å². The molecule has 8 nitrogen and oxygen atoms in total. The molecule has 0 aliphatic carbocycles. The molecule has 300 valence electrons. The molecule has 6 aromatic rings. The lowest BCUT2D eigenvalue weighted by Crippen LogP contribution is -2.12. The van der Waals surface area contributed by atoms with Crippen molar-refractivity contribution in [1.82, 2.24) is 0 Å². The molecule has 0 spiro atoms. The average Bonchev–Trinajstić information content (AvgIpc) is 3.18. The van der Waals surface area contributed by atoms with Gasteiger partial charge in [-0.3, -0.25) is 0 Å². The fraction of sp³-hybridized carbons (Fsp3) is 0.156. The Morgan fingerprint density at radius 1 is 0.603 bits per heavy atom. The predicted molar refractivity (Wildman–Crippen MR) is 212 cm³/mol. The van der Waals surface area contributed by atoms with Crippen molar-refractivity contribution in [2.45, 2.75) is 33.9 Å². The van der Waals surface area contributed by atoms with Crippen LogP contribution >= 0.6 is 0 Å². The molecule has 0 aromatic heterocycles. The van der Waals surface area contributed by atoms with Crippen molar-refractivity contribution in [3.63, 3.8) is 0 Å². The van der Waals surface area contributed by atoms with Crippen LogP contribution in [0.5, 0.6) is 11.5 Å². The van der Waals surface area contributed by atoms with E-state index >= 15 is 4.39 Å². The van der Waals surface area contributed by atoms with Gasteiger partial charge < -0.3 is 30.3 Å². The van der Waals surface area contributed by atoms with E-state index in [4.69, 9.17) is 19.7 Å². The number of carboxylic acid groups (broad SMARTS) is 2. The third-order valence-electron chi connectivity index (χ3n) is 9.07. The smallest absolute Gasteiger partial charge is 0.341 e. The van der Waals surface area contributed by atoms with Gasteiger partial charge in [-0.1, -0.05) is 48.5 Å². The van der Waals surface area contributed by atoms with Crippen LogP contribution in [0.4, 0.5) is 33.3 Å². The lowest BCUT2D eigenvalue weighted by Gasteiger charge is -2.15. The number of aliphatic carboxylic acids is 2. The molecule has 0 unspecified atom stereocenters. The maximum atomic E-state index is 15.1. The van der Waals surface area contributed by atoms with Gasteiger partial charge in [-0.25, -0.2) is 31.5 Å². The van der Waals surface area contributed by atoms with Gasteiger partial charge in [0.05, 0.1) is 0 Å². The minimum Gasteiger partial charge on any atom is -0.482 e. The summed E-state index contributed by atoms with van der Waals surface area (Å²) in [6.07, 6.45) is 0. The number of halogens is 5. The number of aryl methyl sites for hydroxylation is 2. The molecule has 0 heterocycles. The topological polar surface area (TPSA) is 117 Å². The number of anilines is 2. The van der Waals surface area contributed by atoms with Gasteiger partial charge in [-0.2, -0.15) is 0 Å². The second kappa shape index (κ2) is 19.3. The Kier molecular flexibility index (Phi) is 14.1. The highest BCUT2D eigenvalue weighted by molar-refractivity contribution is 5.70. The van der Waals surface area contributed by atoms with Crippen LogP contribution in [0.25, 0.3) is 22.3 Å². The highest BCUT2D eigenvalue weighted by Gasteiger charge is 2.19. The Hall–Kier alpha value is -6.89. The Bertz CT molecular complexity index is 2440. The zero-order valence-corrected chi connectivity index (χ0v) is 31.6. The van der Waals surface area contributed by atoms with E-state index < -0.39 is 53.3 Å². The van der Waals surface area contributed by atoms with Gasteiger partial charge in [0.15, 0.2) is 24.8 Å². The third-order valence-corrected chi connectivity index (χ3v) is 9.07. The molecule has 0 saturated heterocycles. The molecule has 6 aromatic carbocycles. The quantitative estimate of drug-likeness (QED) is 0.0805. The number of nitrogens with one attached hydrogen (secondary N) is 2. The molecule has 0 atom stereocenters. The van der Waals surface area contributed by atoms with Gasteiger partial charge in [-0.15, -0.1) is 0 Å². The molecule has 0 fully saturated rings. The Labute approximate surface area is 331 Å². The summed E-state index contributed by atoms with van der Waals surface area (Å²) in [6, 6.07) is 28.3. The number of rotatable bonds is 14. The van der Waals surface area contributed by atoms with Crippen LogP contribution < -0.4 is 20.1 Å². The zero-order chi connectivity index (χ0) is 41.9. The lowest BCUT2D eigenvalue weighted by molar-refractivity contribution is -0.140. The molecule has 0 bridgehead atoms. The number of hydrogen-bond acceptors (Lipinski definition) is 6. The summed E-state index contributed by atoms with van der Waals surface area (Å²) in [6.45, 7) is 4.88. The van der Waals surface area contributed by atoms with E-state index in [0.29, 0.717) is 23.4 Å². The van der Waals surface area contributed by atoms with Gasteiger partial charge >= 0.3 is 11.9 Å².